The number of rotatable bonds is 7. The van der Waals surface area contributed by atoms with Gasteiger partial charge in [0.1, 0.15) is 5.75 Å². The molecule has 158 valence electrons. The number of nitrogens with one attached hydrogen (secondary N) is 1. The number of benzene rings is 2. The Balaban J connectivity index is 2.12. The number of ether oxygens (including phenoxy) is 1. The summed E-state index contributed by atoms with van der Waals surface area (Å²) in [5.41, 5.74) is 4.83. The lowest BCUT2D eigenvalue weighted by Gasteiger charge is -2.23. The van der Waals surface area contributed by atoms with Gasteiger partial charge in [-0.15, -0.1) is 0 Å². The molecule has 0 bridgehead atoms. The highest BCUT2D eigenvalue weighted by Gasteiger charge is 2.18. The van der Waals surface area contributed by atoms with Crippen molar-refractivity contribution < 1.29 is 9.53 Å². The van der Waals surface area contributed by atoms with Gasteiger partial charge in [-0.2, -0.15) is 0 Å². The third-order valence-corrected chi connectivity index (χ3v) is 4.61. The van der Waals surface area contributed by atoms with Crippen LogP contribution in [-0.4, -0.2) is 12.5 Å². The summed E-state index contributed by atoms with van der Waals surface area (Å²) < 4.78 is 5.96. The Hall–Kier alpha value is -2.29. The first-order valence-electron chi connectivity index (χ1n) is 10.6. The van der Waals surface area contributed by atoms with Crippen LogP contribution in [0.15, 0.2) is 42.5 Å². The van der Waals surface area contributed by atoms with Gasteiger partial charge in [0.05, 0.1) is 0 Å². The van der Waals surface area contributed by atoms with Crippen molar-refractivity contribution in [3.8, 4) is 5.75 Å². The first-order chi connectivity index (χ1) is 13.5. The number of anilines is 1. The van der Waals surface area contributed by atoms with Crippen molar-refractivity contribution in [3.63, 3.8) is 0 Å². The number of hydrogen-bond donors (Lipinski definition) is 1. The van der Waals surface area contributed by atoms with Crippen molar-refractivity contribution in [2.24, 2.45) is 10.8 Å². The maximum Gasteiger partial charge on any atom is 0.262 e. The largest absolute Gasteiger partial charge is 0.483 e. The highest BCUT2D eigenvalue weighted by molar-refractivity contribution is 5.92. The van der Waals surface area contributed by atoms with Crippen LogP contribution in [0.5, 0.6) is 5.75 Å². The molecule has 3 heteroatoms. The van der Waals surface area contributed by atoms with Gasteiger partial charge in [-0.25, -0.2) is 0 Å². The molecule has 0 radical (unpaired) electrons. The minimum atomic E-state index is -0.133. The van der Waals surface area contributed by atoms with Crippen molar-refractivity contribution in [3.05, 3.63) is 59.2 Å². The van der Waals surface area contributed by atoms with Gasteiger partial charge in [0, 0.05) is 5.69 Å². The summed E-state index contributed by atoms with van der Waals surface area (Å²) in [6.07, 6.45) is 2.79. The molecule has 0 aromatic heterocycles. The lowest BCUT2D eigenvalue weighted by Crippen LogP contribution is -2.21. The molecule has 0 aliphatic heterocycles. The van der Waals surface area contributed by atoms with Crippen LogP contribution < -0.4 is 10.1 Å². The number of aryl methyl sites for hydroxylation is 1. The second kappa shape index (κ2) is 9.47. The maximum absolute atomic E-state index is 12.5. The van der Waals surface area contributed by atoms with E-state index in [4.69, 9.17) is 4.74 Å². The van der Waals surface area contributed by atoms with Crippen molar-refractivity contribution >= 4 is 11.6 Å². The molecule has 0 fully saturated rings. The fourth-order valence-corrected chi connectivity index (χ4v) is 3.49. The predicted molar refractivity (Wildman–Crippen MR) is 123 cm³/mol. The Labute approximate surface area is 176 Å². The summed E-state index contributed by atoms with van der Waals surface area (Å²) in [5.74, 6) is 0.669. The van der Waals surface area contributed by atoms with Crippen LogP contribution in [-0.2, 0) is 24.1 Å². The molecule has 2 aromatic rings. The van der Waals surface area contributed by atoms with Crippen LogP contribution in [0, 0.1) is 10.8 Å². The Morgan fingerprint density at radius 2 is 1.55 bits per heavy atom. The van der Waals surface area contributed by atoms with E-state index < -0.39 is 0 Å². The van der Waals surface area contributed by atoms with Crippen molar-refractivity contribution in [1.82, 2.24) is 0 Å². The Bertz CT molecular complexity index is 825. The van der Waals surface area contributed by atoms with Crippen molar-refractivity contribution in [2.45, 2.75) is 67.7 Å². The van der Waals surface area contributed by atoms with Crippen molar-refractivity contribution in [1.29, 1.82) is 0 Å². The van der Waals surface area contributed by atoms with E-state index >= 15 is 0 Å². The van der Waals surface area contributed by atoms with E-state index in [1.165, 1.54) is 11.1 Å². The summed E-state index contributed by atoms with van der Waals surface area (Å²) in [5, 5.41) is 2.98. The molecule has 1 amide bonds. The normalized spacial score (nSPS) is 12.0. The fourth-order valence-electron chi connectivity index (χ4n) is 3.49. The molecule has 0 heterocycles. The molecule has 2 aromatic carbocycles. The average molecular weight is 396 g/mol. The SMILES string of the molecule is CCc1ccccc1NC(=O)COc1ccc(CC(C)(C)C)cc1CC(C)(C)C. The second-order valence-electron chi connectivity index (χ2n) is 10.3. The predicted octanol–water partition coefficient (Wildman–Crippen LogP) is 6.44. The van der Waals surface area contributed by atoms with Crippen molar-refractivity contribution in [2.75, 3.05) is 11.9 Å². The summed E-state index contributed by atoms with van der Waals surface area (Å²) in [6, 6.07) is 14.3. The number of para-hydroxylation sites is 1. The average Bonchev–Trinajstić information content (AvgIpc) is 2.59. The van der Waals surface area contributed by atoms with Gasteiger partial charge < -0.3 is 10.1 Å². The molecule has 3 nitrogen and oxygen atoms in total. The number of amides is 1. The fraction of sp³-hybridized carbons (Fsp3) is 0.500. The minimum absolute atomic E-state index is 0.00775. The smallest absolute Gasteiger partial charge is 0.262 e. The summed E-state index contributed by atoms with van der Waals surface area (Å²) in [7, 11) is 0. The summed E-state index contributed by atoms with van der Waals surface area (Å²) >= 11 is 0. The van der Waals surface area contributed by atoms with E-state index in [0.717, 1.165) is 36.3 Å². The van der Waals surface area contributed by atoms with Gasteiger partial charge in [-0.1, -0.05) is 78.8 Å². The van der Waals surface area contributed by atoms with Crippen LogP contribution >= 0.6 is 0 Å². The molecule has 0 aliphatic carbocycles. The van der Waals surface area contributed by atoms with Crippen LogP contribution in [0.25, 0.3) is 0 Å². The molecule has 2 rings (SSSR count). The Morgan fingerprint density at radius 3 is 2.17 bits per heavy atom. The maximum atomic E-state index is 12.5. The third kappa shape index (κ3) is 7.92. The van der Waals surface area contributed by atoms with E-state index in [-0.39, 0.29) is 23.3 Å². The molecule has 0 saturated carbocycles. The summed E-state index contributed by atoms with van der Waals surface area (Å²) in [6.45, 7) is 15.5. The molecule has 29 heavy (non-hydrogen) atoms. The first kappa shape index (κ1) is 23.0. The van der Waals surface area contributed by atoms with Gasteiger partial charge in [0.15, 0.2) is 6.61 Å². The Kier molecular flexibility index (Phi) is 7.51. The molecular formula is C26H37NO2. The molecule has 0 unspecified atom stereocenters. The van der Waals surface area contributed by atoms with Gasteiger partial charge >= 0.3 is 0 Å². The minimum Gasteiger partial charge on any atom is -0.483 e. The molecule has 0 atom stereocenters. The Morgan fingerprint density at radius 1 is 0.897 bits per heavy atom. The monoisotopic (exact) mass is 395 g/mol. The second-order valence-corrected chi connectivity index (χ2v) is 10.3. The number of hydrogen-bond acceptors (Lipinski definition) is 2. The molecule has 0 spiro atoms. The van der Waals surface area contributed by atoms with E-state index in [1.54, 1.807) is 0 Å². The first-order valence-corrected chi connectivity index (χ1v) is 10.6. The lowest BCUT2D eigenvalue weighted by atomic mass is 9.84. The van der Waals surface area contributed by atoms with E-state index in [1.807, 2.05) is 30.3 Å². The zero-order valence-corrected chi connectivity index (χ0v) is 19.2. The lowest BCUT2D eigenvalue weighted by molar-refractivity contribution is -0.118. The van der Waals surface area contributed by atoms with E-state index in [2.05, 4.69) is 65.9 Å². The van der Waals surface area contributed by atoms with Crippen LogP contribution in [0.3, 0.4) is 0 Å². The highest BCUT2D eigenvalue weighted by atomic mass is 16.5. The quantitative estimate of drug-likeness (QED) is 0.585. The standard InChI is InChI=1S/C26H37NO2/c1-8-20-11-9-10-12-22(20)27-24(28)18-29-23-14-13-19(16-25(2,3)4)15-21(23)17-26(5,6)7/h9-15H,8,16-18H2,1-7H3,(H,27,28). The molecule has 0 saturated heterocycles. The number of carbonyl (C=O) groups excluding carboxylic acids is 1. The van der Waals surface area contributed by atoms with Gasteiger partial charge in [-0.05, 0) is 58.9 Å². The van der Waals surface area contributed by atoms with Crippen LogP contribution in [0.4, 0.5) is 5.69 Å². The molecular weight excluding hydrogens is 358 g/mol. The zero-order chi connectivity index (χ0) is 21.7. The number of carbonyl (C=O) groups is 1. The van der Waals surface area contributed by atoms with Gasteiger partial charge in [0.25, 0.3) is 5.91 Å². The third-order valence-electron chi connectivity index (χ3n) is 4.61. The summed E-state index contributed by atoms with van der Waals surface area (Å²) in [4.78, 5) is 12.5. The molecule has 1 N–H and O–H groups in total. The zero-order valence-electron chi connectivity index (χ0n) is 19.2. The van der Waals surface area contributed by atoms with Gasteiger partial charge in [0.2, 0.25) is 0 Å². The van der Waals surface area contributed by atoms with E-state index in [0.29, 0.717) is 0 Å². The van der Waals surface area contributed by atoms with Crippen LogP contribution in [0.2, 0.25) is 0 Å². The topological polar surface area (TPSA) is 38.3 Å². The molecule has 0 aliphatic rings. The van der Waals surface area contributed by atoms with E-state index in [9.17, 15) is 4.79 Å². The van der Waals surface area contributed by atoms with Crippen LogP contribution in [0.1, 0.15) is 65.2 Å². The highest BCUT2D eigenvalue weighted by Crippen LogP contribution is 2.30. The van der Waals surface area contributed by atoms with Gasteiger partial charge in [-0.3, -0.25) is 4.79 Å².